The standard InChI is InChI=1S/C13H18F2INS/c1-17-11(10-6-12(16)18-8-10)5-9-3-2-4-13(14,15)7-9/h6,8-9,11,17H,2-5,7H2,1H3. The fourth-order valence-corrected chi connectivity index (χ4v) is 4.16. The first-order chi connectivity index (χ1) is 8.50. The van der Waals surface area contributed by atoms with Crippen LogP contribution in [0.25, 0.3) is 0 Å². The largest absolute Gasteiger partial charge is 0.313 e. The third kappa shape index (κ3) is 3.87. The smallest absolute Gasteiger partial charge is 0.248 e. The van der Waals surface area contributed by atoms with Crippen LogP contribution in [-0.4, -0.2) is 13.0 Å². The Hall–Kier alpha value is 0.250. The molecule has 0 spiro atoms. The minimum Gasteiger partial charge on any atom is -0.313 e. The van der Waals surface area contributed by atoms with Gasteiger partial charge in [0.1, 0.15) is 0 Å². The van der Waals surface area contributed by atoms with Crippen molar-refractivity contribution in [2.45, 2.75) is 44.1 Å². The molecule has 0 bridgehead atoms. The van der Waals surface area contributed by atoms with E-state index in [2.05, 4.69) is 39.4 Å². The highest BCUT2D eigenvalue weighted by atomic mass is 127. The second-order valence-corrected chi connectivity index (χ2v) is 7.88. The minimum absolute atomic E-state index is 0.0619. The third-order valence-corrected chi connectivity index (χ3v) is 5.46. The van der Waals surface area contributed by atoms with Gasteiger partial charge in [0.25, 0.3) is 0 Å². The van der Waals surface area contributed by atoms with Crippen molar-refractivity contribution in [3.8, 4) is 0 Å². The van der Waals surface area contributed by atoms with Gasteiger partial charge in [0.2, 0.25) is 5.92 Å². The van der Waals surface area contributed by atoms with Gasteiger partial charge in [-0.3, -0.25) is 0 Å². The lowest BCUT2D eigenvalue weighted by Gasteiger charge is -2.31. The quantitative estimate of drug-likeness (QED) is 0.733. The average molecular weight is 385 g/mol. The van der Waals surface area contributed by atoms with E-state index in [4.69, 9.17) is 0 Å². The van der Waals surface area contributed by atoms with Crippen LogP contribution < -0.4 is 5.32 Å². The van der Waals surface area contributed by atoms with Crippen molar-refractivity contribution in [2.24, 2.45) is 5.92 Å². The number of thiophene rings is 1. The molecule has 2 unspecified atom stereocenters. The maximum absolute atomic E-state index is 13.4. The Morgan fingerprint density at radius 1 is 1.61 bits per heavy atom. The molecule has 1 saturated carbocycles. The molecule has 1 heterocycles. The Kier molecular flexibility index (Phi) is 4.99. The Morgan fingerprint density at radius 3 is 2.94 bits per heavy atom. The highest BCUT2D eigenvalue weighted by molar-refractivity contribution is 14.1. The maximum Gasteiger partial charge on any atom is 0.248 e. The molecule has 1 aromatic rings. The summed E-state index contributed by atoms with van der Waals surface area (Å²) in [5, 5.41) is 5.39. The lowest BCUT2D eigenvalue weighted by Crippen LogP contribution is -2.29. The highest BCUT2D eigenvalue weighted by Crippen LogP contribution is 2.40. The molecule has 0 aromatic carbocycles. The Labute approximate surface area is 124 Å². The van der Waals surface area contributed by atoms with Gasteiger partial charge in [0.05, 0.1) is 2.88 Å². The number of rotatable bonds is 4. The first-order valence-corrected chi connectivity index (χ1v) is 8.25. The van der Waals surface area contributed by atoms with Crippen molar-refractivity contribution < 1.29 is 8.78 Å². The Bertz CT molecular complexity index is 394. The summed E-state index contributed by atoms with van der Waals surface area (Å²) in [7, 11) is 1.91. The number of nitrogens with one attached hydrogen (secondary N) is 1. The molecule has 1 aliphatic rings. The average Bonchev–Trinajstić information content (AvgIpc) is 2.71. The van der Waals surface area contributed by atoms with Gasteiger partial charge >= 0.3 is 0 Å². The van der Waals surface area contributed by atoms with Crippen LogP contribution in [0.15, 0.2) is 11.4 Å². The van der Waals surface area contributed by atoms with Crippen molar-refractivity contribution in [2.75, 3.05) is 7.05 Å². The summed E-state index contributed by atoms with van der Waals surface area (Å²) in [6.07, 6.45) is 2.56. The van der Waals surface area contributed by atoms with Crippen molar-refractivity contribution in [1.29, 1.82) is 0 Å². The first kappa shape index (κ1) is 14.7. The molecule has 0 saturated heterocycles. The number of halogens is 3. The second kappa shape index (κ2) is 6.13. The van der Waals surface area contributed by atoms with E-state index in [-0.39, 0.29) is 24.8 Å². The summed E-state index contributed by atoms with van der Waals surface area (Å²) in [5.74, 6) is -2.30. The fourth-order valence-electron chi connectivity index (χ4n) is 2.74. The van der Waals surface area contributed by atoms with E-state index in [0.717, 1.165) is 12.8 Å². The van der Waals surface area contributed by atoms with E-state index in [9.17, 15) is 8.78 Å². The normalized spacial score (nSPS) is 25.0. The monoisotopic (exact) mass is 385 g/mol. The van der Waals surface area contributed by atoms with Crippen LogP contribution in [0.4, 0.5) is 8.78 Å². The van der Waals surface area contributed by atoms with Crippen molar-refractivity contribution >= 4 is 33.9 Å². The molecular formula is C13H18F2INS. The van der Waals surface area contributed by atoms with E-state index in [1.807, 2.05) is 7.05 Å². The SMILES string of the molecule is CNC(CC1CCCC(F)(F)C1)c1csc(I)c1. The lowest BCUT2D eigenvalue weighted by molar-refractivity contribution is -0.0547. The number of alkyl halides is 2. The van der Waals surface area contributed by atoms with Crippen LogP contribution in [0.2, 0.25) is 0 Å². The van der Waals surface area contributed by atoms with E-state index >= 15 is 0 Å². The van der Waals surface area contributed by atoms with E-state index < -0.39 is 5.92 Å². The number of hydrogen-bond donors (Lipinski definition) is 1. The van der Waals surface area contributed by atoms with Crippen LogP contribution in [0.1, 0.15) is 43.7 Å². The van der Waals surface area contributed by atoms with Gasteiger partial charge in [-0.2, -0.15) is 0 Å². The summed E-state index contributed by atoms with van der Waals surface area (Å²) in [6.45, 7) is 0. The predicted molar refractivity (Wildman–Crippen MR) is 80.4 cm³/mol. The Morgan fingerprint density at radius 2 is 2.39 bits per heavy atom. The summed E-state index contributed by atoms with van der Waals surface area (Å²) in [6, 6.07) is 2.36. The summed E-state index contributed by atoms with van der Waals surface area (Å²) >= 11 is 4.01. The molecule has 0 aliphatic heterocycles. The van der Waals surface area contributed by atoms with E-state index in [1.54, 1.807) is 11.3 Å². The third-order valence-electron chi connectivity index (χ3n) is 3.65. The molecule has 1 nitrogen and oxygen atoms in total. The zero-order valence-electron chi connectivity index (χ0n) is 10.4. The molecule has 102 valence electrons. The fraction of sp³-hybridized carbons (Fsp3) is 0.692. The van der Waals surface area contributed by atoms with E-state index in [1.165, 1.54) is 8.45 Å². The molecular weight excluding hydrogens is 367 g/mol. The molecule has 0 radical (unpaired) electrons. The van der Waals surface area contributed by atoms with E-state index in [0.29, 0.717) is 6.42 Å². The first-order valence-electron chi connectivity index (χ1n) is 6.29. The summed E-state index contributed by atoms with van der Waals surface area (Å²) in [4.78, 5) is 0. The zero-order valence-corrected chi connectivity index (χ0v) is 13.4. The van der Waals surface area contributed by atoms with Crippen LogP contribution in [0.3, 0.4) is 0 Å². The number of hydrogen-bond acceptors (Lipinski definition) is 2. The molecule has 5 heteroatoms. The molecule has 1 fully saturated rings. The summed E-state index contributed by atoms with van der Waals surface area (Å²) in [5.41, 5.74) is 1.24. The minimum atomic E-state index is -2.44. The lowest BCUT2D eigenvalue weighted by atomic mass is 9.82. The molecule has 18 heavy (non-hydrogen) atoms. The topological polar surface area (TPSA) is 12.0 Å². The molecule has 1 aliphatic carbocycles. The molecule has 0 amide bonds. The van der Waals surface area contributed by atoms with Gasteiger partial charge in [0.15, 0.2) is 0 Å². The van der Waals surface area contributed by atoms with Crippen LogP contribution in [0, 0.1) is 8.80 Å². The van der Waals surface area contributed by atoms with Crippen LogP contribution >= 0.6 is 33.9 Å². The van der Waals surface area contributed by atoms with Gasteiger partial charge in [-0.25, -0.2) is 8.78 Å². The Balaban J connectivity index is 1.98. The zero-order chi connectivity index (χ0) is 13.2. The highest BCUT2D eigenvalue weighted by Gasteiger charge is 2.36. The molecule has 1 aromatic heterocycles. The van der Waals surface area contributed by atoms with Gasteiger partial charge in [-0.15, -0.1) is 11.3 Å². The van der Waals surface area contributed by atoms with Crippen molar-refractivity contribution in [3.05, 3.63) is 19.9 Å². The van der Waals surface area contributed by atoms with Gasteiger partial charge in [0, 0.05) is 18.9 Å². The molecule has 1 N–H and O–H groups in total. The van der Waals surface area contributed by atoms with Gasteiger partial charge < -0.3 is 5.32 Å². The van der Waals surface area contributed by atoms with Crippen molar-refractivity contribution in [1.82, 2.24) is 5.32 Å². The van der Waals surface area contributed by atoms with Gasteiger partial charge in [-0.1, -0.05) is 0 Å². The summed E-state index contributed by atoms with van der Waals surface area (Å²) < 4.78 is 28.0. The maximum atomic E-state index is 13.4. The van der Waals surface area contributed by atoms with Crippen molar-refractivity contribution in [3.63, 3.8) is 0 Å². The van der Waals surface area contributed by atoms with Crippen LogP contribution in [0.5, 0.6) is 0 Å². The second-order valence-electron chi connectivity index (χ2n) is 5.08. The van der Waals surface area contributed by atoms with Gasteiger partial charge in [-0.05, 0) is 71.8 Å². The molecule has 2 atom stereocenters. The van der Waals surface area contributed by atoms with Crippen LogP contribution in [-0.2, 0) is 0 Å². The predicted octanol–water partition coefficient (Wildman–Crippen LogP) is 4.83. The molecule has 2 rings (SSSR count).